The summed E-state index contributed by atoms with van der Waals surface area (Å²) in [5.74, 6) is 0.915. The molecule has 1 aromatic heterocycles. The van der Waals surface area contributed by atoms with Gasteiger partial charge in [0.1, 0.15) is 17.4 Å². The first-order valence-electron chi connectivity index (χ1n) is 9.56. The van der Waals surface area contributed by atoms with E-state index in [1.807, 2.05) is 6.07 Å². The van der Waals surface area contributed by atoms with E-state index in [0.717, 1.165) is 11.3 Å². The molecule has 0 bridgehead atoms. The van der Waals surface area contributed by atoms with Gasteiger partial charge in [0.2, 0.25) is 5.95 Å². The topological polar surface area (TPSA) is 109 Å². The molecule has 0 aliphatic carbocycles. The smallest absolute Gasteiger partial charge is 0.412 e. The number of nitrogens with zero attached hydrogens (tertiary/aromatic N) is 3. The highest BCUT2D eigenvalue weighted by molar-refractivity contribution is 5.85. The van der Waals surface area contributed by atoms with Crippen LogP contribution in [0, 0.1) is 11.3 Å². The van der Waals surface area contributed by atoms with Crippen LogP contribution in [0.1, 0.15) is 26.3 Å². The van der Waals surface area contributed by atoms with Gasteiger partial charge < -0.3 is 14.8 Å². The second-order valence-corrected chi connectivity index (χ2v) is 7.62. The van der Waals surface area contributed by atoms with Crippen molar-refractivity contribution in [2.45, 2.75) is 26.4 Å². The Morgan fingerprint density at radius 1 is 1.06 bits per heavy atom. The molecule has 0 aliphatic rings. The van der Waals surface area contributed by atoms with Crippen LogP contribution in [-0.2, 0) is 4.74 Å². The Balaban J connectivity index is 1.71. The number of carbonyl (C=O) groups excluding carboxylic acids is 1. The maximum atomic E-state index is 11.9. The molecule has 0 radical (unpaired) electrons. The molecular weight excluding hydrogens is 394 g/mol. The van der Waals surface area contributed by atoms with Gasteiger partial charge in [0.15, 0.2) is 0 Å². The zero-order valence-electron chi connectivity index (χ0n) is 17.8. The molecule has 0 saturated carbocycles. The van der Waals surface area contributed by atoms with E-state index in [-0.39, 0.29) is 0 Å². The minimum absolute atomic E-state index is 0.402. The van der Waals surface area contributed by atoms with Crippen molar-refractivity contribution >= 4 is 23.4 Å². The largest absolute Gasteiger partial charge is 0.495 e. The Hall–Kier alpha value is -4.12. The van der Waals surface area contributed by atoms with E-state index in [4.69, 9.17) is 9.47 Å². The van der Waals surface area contributed by atoms with Crippen LogP contribution in [0.3, 0.4) is 0 Å². The molecule has 2 aromatic carbocycles. The van der Waals surface area contributed by atoms with Gasteiger partial charge in [0, 0.05) is 23.1 Å². The van der Waals surface area contributed by atoms with E-state index in [0.29, 0.717) is 28.6 Å². The average Bonchev–Trinajstić information content (AvgIpc) is 2.73. The van der Waals surface area contributed by atoms with Crippen molar-refractivity contribution in [3.05, 3.63) is 60.3 Å². The summed E-state index contributed by atoms with van der Waals surface area (Å²) in [5, 5.41) is 15.1. The number of hydrogen-bond acceptors (Lipinski definition) is 7. The number of rotatable bonds is 5. The standard InChI is InChI=1S/C23H23N5O3/c1-23(2,3)31-22(29)27-18-8-6-17(7-9-18)26-21-25-12-11-19(28-21)15-5-10-20(30-4)16(13-15)14-24/h5-13H,1-4H3,(H,27,29)(H,25,26,28). The average molecular weight is 417 g/mol. The fourth-order valence-corrected chi connectivity index (χ4v) is 2.72. The summed E-state index contributed by atoms with van der Waals surface area (Å²) < 4.78 is 10.4. The lowest BCUT2D eigenvalue weighted by Crippen LogP contribution is -2.27. The first kappa shape index (κ1) is 21.6. The van der Waals surface area contributed by atoms with Gasteiger partial charge in [-0.2, -0.15) is 5.26 Å². The lowest BCUT2D eigenvalue weighted by molar-refractivity contribution is 0.0636. The van der Waals surface area contributed by atoms with E-state index in [9.17, 15) is 10.1 Å². The number of aromatic nitrogens is 2. The highest BCUT2D eigenvalue weighted by Gasteiger charge is 2.16. The Morgan fingerprint density at radius 3 is 2.42 bits per heavy atom. The highest BCUT2D eigenvalue weighted by Crippen LogP contribution is 2.26. The summed E-state index contributed by atoms with van der Waals surface area (Å²) in [7, 11) is 1.52. The van der Waals surface area contributed by atoms with Crippen LogP contribution in [0.15, 0.2) is 54.7 Å². The van der Waals surface area contributed by atoms with Gasteiger partial charge in [0.25, 0.3) is 0 Å². The van der Waals surface area contributed by atoms with Gasteiger partial charge in [-0.15, -0.1) is 0 Å². The summed E-state index contributed by atoms with van der Waals surface area (Å²) in [6.07, 6.45) is 1.12. The molecule has 2 N–H and O–H groups in total. The quantitative estimate of drug-likeness (QED) is 0.593. The number of methoxy groups -OCH3 is 1. The van der Waals surface area contributed by atoms with E-state index in [1.165, 1.54) is 7.11 Å². The molecule has 0 fully saturated rings. The van der Waals surface area contributed by atoms with Crippen molar-refractivity contribution in [2.24, 2.45) is 0 Å². The number of amides is 1. The van der Waals surface area contributed by atoms with E-state index in [1.54, 1.807) is 69.4 Å². The van der Waals surface area contributed by atoms with Crippen LogP contribution >= 0.6 is 0 Å². The Kier molecular flexibility index (Phi) is 6.36. The Morgan fingerprint density at radius 2 is 1.77 bits per heavy atom. The molecule has 3 aromatic rings. The molecule has 0 saturated heterocycles. The van der Waals surface area contributed by atoms with Gasteiger partial charge in [-0.3, -0.25) is 5.32 Å². The number of anilines is 3. The SMILES string of the molecule is COc1ccc(-c2ccnc(Nc3ccc(NC(=O)OC(C)(C)C)cc3)n2)cc1C#N. The van der Waals surface area contributed by atoms with Crippen molar-refractivity contribution < 1.29 is 14.3 Å². The maximum Gasteiger partial charge on any atom is 0.412 e. The molecule has 0 aliphatic heterocycles. The molecule has 31 heavy (non-hydrogen) atoms. The fourth-order valence-electron chi connectivity index (χ4n) is 2.72. The minimum atomic E-state index is -0.564. The third-order valence-electron chi connectivity index (χ3n) is 4.06. The summed E-state index contributed by atoms with van der Waals surface area (Å²) in [6.45, 7) is 5.42. The number of carbonyl (C=O) groups is 1. The number of benzene rings is 2. The van der Waals surface area contributed by atoms with Crippen LogP contribution in [-0.4, -0.2) is 28.8 Å². The van der Waals surface area contributed by atoms with Gasteiger partial charge in [-0.05, 0) is 69.3 Å². The number of ether oxygens (including phenoxy) is 2. The van der Waals surface area contributed by atoms with Crippen molar-refractivity contribution in [1.29, 1.82) is 5.26 Å². The lowest BCUT2D eigenvalue weighted by Gasteiger charge is -2.19. The van der Waals surface area contributed by atoms with Crippen molar-refractivity contribution in [3.8, 4) is 23.1 Å². The molecule has 3 rings (SSSR count). The molecule has 158 valence electrons. The molecule has 1 amide bonds. The number of hydrogen-bond donors (Lipinski definition) is 2. The number of nitriles is 1. The summed E-state index contributed by atoms with van der Waals surface area (Å²) in [6, 6.07) is 16.3. The number of nitrogens with one attached hydrogen (secondary N) is 2. The van der Waals surface area contributed by atoms with Gasteiger partial charge in [0.05, 0.1) is 18.4 Å². The first-order valence-corrected chi connectivity index (χ1v) is 9.56. The second kappa shape index (κ2) is 9.13. The molecule has 1 heterocycles. The molecule has 8 heteroatoms. The monoisotopic (exact) mass is 417 g/mol. The third kappa shape index (κ3) is 5.93. The van der Waals surface area contributed by atoms with Crippen molar-refractivity contribution in [2.75, 3.05) is 17.7 Å². The maximum absolute atomic E-state index is 11.9. The second-order valence-electron chi connectivity index (χ2n) is 7.62. The van der Waals surface area contributed by atoms with E-state index >= 15 is 0 Å². The Bertz CT molecular complexity index is 1120. The third-order valence-corrected chi connectivity index (χ3v) is 4.06. The van der Waals surface area contributed by atoms with E-state index in [2.05, 4.69) is 26.7 Å². The van der Waals surface area contributed by atoms with Crippen LogP contribution in [0.5, 0.6) is 5.75 Å². The molecule has 8 nitrogen and oxygen atoms in total. The first-order chi connectivity index (χ1) is 14.8. The minimum Gasteiger partial charge on any atom is -0.495 e. The van der Waals surface area contributed by atoms with Gasteiger partial charge >= 0.3 is 6.09 Å². The molecule has 0 spiro atoms. The van der Waals surface area contributed by atoms with Crippen LogP contribution < -0.4 is 15.4 Å². The highest BCUT2D eigenvalue weighted by atomic mass is 16.6. The van der Waals surface area contributed by atoms with Crippen molar-refractivity contribution in [1.82, 2.24) is 9.97 Å². The predicted octanol–water partition coefficient (Wildman–Crippen LogP) is 5.11. The van der Waals surface area contributed by atoms with Crippen LogP contribution in [0.25, 0.3) is 11.3 Å². The molecule has 0 unspecified atom stereocenters. The summed E-state index contributed by atoms with van der Waals surface area (Å²) >= 11 is 0. The zero-order chi connectivity index (χ0) is 22.4. The summed E-state index contributed by atoms with van der Waals surface area (Å²) in [5.41, 5.74) is 2.67. The normalized spacial score (nSPS) is 10.7. The van der Waals surface area contributed by atoms with Crippen LogP contribution in [0.2, 0.25) is 0 Å². The molecule has 0 atom stereocenters. The van der Waals surface area contributed by atoms with E-state index < -0.39 is 11.7 Å². The predicted molar refractivity (Wildman–Crippen MR) is 118 cm³/mol. The Labute approximate surface area is 180 Å². The van der Waals surface area contributed by atoms with Crippen molar-refractivity contribution in [3.63, 3.8) is 0 Å². The van der Waals surface area contributed by atoms with Gasteiger partial charge in [-0.1, -0.05) is 0 Å². The van der Waals surface area contributed by atoms with Gasteiger partial charge in [-0.25, -0.2) is 14.8 Å². The zero-order valence-corrected chi connectivity index (χ0v) is 17.8. The summed E-state index contributed by atoms with van der Waals surface area (Å²) in [4.78, 5) is 20.6. The van der Waals surface area contributed by atoms with Crippen LogP contribution in [0.4, 0.5) is 22.1 Å². The molecular formula is C23H23N5O3. The fraction of sp³-hybridized carbons (Fsp3) is 0.217. The lowest BCUT2D eigenvalue weighted by atomic mass is 10.1.